The maximum Gasteiger partial charge on any atom is 0.251 e. The molecular formula is C21H23NO3. The smallest absolute Gasteiger partial charge is 0.251 e. The van der Waals surface area contributed by atoms with Crippen LogP contribution in [0.2, 0.25) is 0 Å². The van der Waals surface area contributed by atoms with Crippen molar-refractivity contribution in [2.45, 2.75) is 31.7 Å². The minimum Gasteiger partial charge on any atom is -0.381 e. The molecule has 3 rings (SSSR count). The number of nitrogens with one attached hydrogen (secondary N) is 1. The molecule has 1 aliphatic heterocycles. The standard InChI is InChI=1S/C21H23NO3/c1-15(12-20(23)16-6-3-2-4-7-16)22-21(24)18-9-5-8-17(13-18)19-10-11-25-14-19/h2-9,13,15,19H,10-12,14H2,1H3,(H,22,24)/t15-,19+/m1/s1. The quantitative estimate of drug-likeness (QED) is 0.820. The summed E-state index contributed by atoms with van der Waals surface area (Å²) in [6.45, 7) is 3.35. The van der Waals surface area contributed by atoms with Gasteiger partial charge in [0.2, 0.25) is 0 Å². The van der Waals surface area contributed by atoms with Crippen LogP contribution in [0.15, 0.2) is 54.6 Å². The van der Waals surface area contributed by atoms with E-state index in [0.717, 1.165) is 18.6 Å². The van der Waals surface area contributed by atoms with E-state index in [9.17, 15) is 9.59 Å². The first-order chi connectivity index (χ1) is 12.1. The van der Waals surface area contributed by atoms with Gasteiger partial charge < -0.3 is 10.1 Å². The fourth-order valence-corrected chi connectivity index (χ4v) is 3.11. The molecule has 0 unspecified atom stereocenters. The zero-order valence-electron chi connectivity index (χ0n) is 14.4. The second kappa shape index (κ2) is 8.08. The maximum absolute atomic E-state index is 12.5. The molecule has 1 fully saturated rings. The van der Waals surface area contributed by atoms with Gasteiger partial charge in [-0.2, -0.15) is 0 Å². The second-order valence-electron chi connectivity index (χ2n) is 6.55. The Hall–Kier alpha value is -2.46. The van der Waals surface area contributed by atoms with Crippen LogP contribution in [0.25, 0.3) is 0 Å². The molecule has 4 nitrogen and oxygen atoms in total. The summed E-state index contributed by atoms with van der Waals surface area (Å²) in [7, 11) is 0. The summed E-state index contributed by atoms with van der Waals surface area (Å²) in [6, 6.07) is 16.6. The van der Waals surface area contributed by atoms with Gasteiger partial charge in [-0.05, 0) is 31.0 Å². The van der Waals surface area contributed by atoms with Crippen LogP contribution in [0.1, 0.15) is 52.0 Å². The monoisotopic (exact) mass is 337 g/mol. The molecule has 2 atom stereocenters. The molecule has 0 aromatic heterocycles. The Kier molecular flexibility index (Phi) is 5.61. The van der Waals surface area contributed by atoms with Gasteiger partial charge in [0.15, 0.2) is 5.78 Å². The van der Waals surface area contributed by atoms with Gasteiger partial charge in [0.1, 0.15) is 0 Å². The Morgan fingerprint density at radius 1 is 1.12 bits per heavy atom. The van der Waals surface area contributed by atoms with Crippen LogP contribution in [0.3, 0.4) is 0 Å². The summed E-state index contributed by atoms with van der Waals surface area (Å²) in [6.07, 6.45) is 1.28. The number of ether oxygens (including phenoxy) is 1. The van der Waals surface area contributed by atoms with Crippen LogP contribution >= 0.6 is 0 Å². The molecule has 130 valence electrons. The van der Waals surface area contributed by atoms with E-state index in [1.807, 2.05) is 43.3 Å². The van der Waals surface area contributed by atoms with Gasteiger partial charge in [-0.25, -0.2) is 0 Å². The summed E-state index contributed by atoms with van der Waals surface area (Å²) in [5.74, 6) is 0.254. The number of carbonyl (C=O) groups is 2. The third-order valence-electron chi connectivity index (χ3n) is 4.51. The Morgan fingerprint density at radius 2 is 1.88 bits per heavy atom. The molecule has 0 radical (unpaired) electrons. The molecule has 1 amide bonds. The van der Waals surface area contributed by atoms with Crippen molar-refractivity contribution in [3.05, 3.63) is 71.3 Å². The van der Waals surface area contributed by atoms with Gasteiger partial charge in [-0.1, -0.05) is 42.5 Å². The molecule has 1 saturated heterocycles. The molecule has 1 heterocycles. The first-order valence-electron chi connectivity index (χ1n) is 8.70. The number of Topliss-reactive ketones (excluding diaryl/α,β-unsaturated/α-hetero) is 1. The first-order valence-corrected chi connectivity index (χ1v) is 8.70. The largest absolute Gasteiger partial charge is 0.381 e. The van der Waals surface area contributed by atoms with E-state index in [-0.39, 0.29) is 24.2 Å². The number of carbonyl (C=O) groups excluding carboxylic acids is 2. The van der Waals surface area contributed by atoms with Gasteiger partial charge in [0, 0.05) is 36.1 Å². The van der Waals surface area contributed by atoms with Crippen molar-refractivity contribution >= 4 is 11.7 Å². The molecule has 25 heavy (non-hydrogen) atoms. The lowest BCUT2D eigenvalue weighted by Crippen LogP contribution is -2.34. The lowest BCUT2D eigenvalue weighted by Gasteiger charge is -2.15. The average molecular weight is 337 g/mol. The fourth-order valence-electron chi connectivity index (χ4n) is 3.11. The van der Waals surface area contributed by atoms with Crippen molar-refractivity contribution in [3.8, 4) is 0 Å². The number of rotatable bonds is 6. The average Bonchev–Trinajstić information content (AvgIpc) is 3.17. The Morgan fingerprint density at radius 3 is 2.60 bits per heavy atom. The van der Waals surface area contributed by atoms with Crippen LogP contribution in [0.5, 0.6) is 0 Å². The summed E-state index contributed by atoms with van der Waals surface area (Å²) in [5, 5.41) is 2.92. The molecule has 0 spiro atoms. The molecule has 0 aliphatic carbocycles. The lowest BCUT2D eigenvalue weighted by molar-refractivity contribution is 0.0918. The van der Waals surface area contributed by atoms with Gasteiger partial charge in [-0.3, -0.25) is 9.59 Å². The molecule has 2 aromatic rings. The number of hydrogen-bond donors (Lipinski definition) is 1. The van der Waals surface area contributed by atoms with Crippen molar-refractivity contribution < 1.29 is 14.3 Å². The van der Waals surface area contributed by atoms with Crippen molar-refractivity contribution in [2.75, 3.05) is 13.2 Å². The Bertz CT molecular complexity index is 736. The van der Waals surface area contributed by atoms with Crippen LogP contribution in [-0.2, 0) is 4.74 Å². The van der Waals surface area contributed by atoms with Gasteiger partial charge in [-0.15, -0.1) is 0 Å². The lowest BCUT2D eigenvalue weighted by atomic mass is 9.96. The predicted octanol–water partition coefficient (Wildman–Crippen LogP) is 3.58. The van der Waals surface area contributed by atoms with E-state index >= 15 is 0 Å². The van der Waals surface area contributed by atoms with Crippen molar-refractivity contribution in [1.82, 2.24) is 5.32 Å². The van der Waals surface area contributed by atoms with E-state index < -0.39 is 0 Å². The Labute approximate surface area is 148 Å². The zero-order valence-corrected chi connectivity index (χ0v) is 14.4. The maximum atomic E-state index is 12.5. The molecular weight excluding hydrogens is 314 g/mol. The molecule has 0 saturated carbocycles. The molecule has 1 aliphatic rings. The number of benzene rings is 2. The number of hydrogen-bond acceptors (Lipinski definition) is 3. The number of amides is 1. The van der Waals surface area contributed by atoms with Crippen LogP contribution in [0.4, 0.5) is 0 Å². The highest BCUT2D eigenvalue weighted by atomic mass is 16.5. The van der Waals surface area contributed by atoms with Crippen molar-refractivity contribution in [2.24, 2.45) is 0 Å². The number of ketones is 1. The van der Waals surface area contributed by atoms with E-state index in [0.29, 0.717) is 23.7 Å². The van der Waals surface area contributed by atoms with Gasteiger partial charge >= 0.3 is 0 Å². The minimum absolute atomic E-state index is 0.0326. The van der Waals surface area contributed by atoms with Crippen LogP contribution < -0.4 is 5.32 Å². The molecule has 1 N–H and O–H groups in total. The highest BCUT2D eigenvalue weighted by Crippen LogP contribution is 2.25. The predicted molar refractivity (Wildman–Crippen MR) is 96.9 cm³/mol. The van der Waals surface area contributed by atoms with Crippen LogP contribution in [0, 0.1) is 0 Å². The van der Waals surface area contributed by atoms with Crippen molar-refractivity contribution in [3.63, 3.8) is 0 Å². The normalized spacial score (nSPS) is 17.9. The summed E-state index contributed by atoms with van der Waals surface area (Å²) < 4.78 is 5.42. The second-order valence-corrected chi connectivity index (χ2v) is 6.55. The first kappa shape index (κ1) is 17.4. The fraction of sp³-hybridized carbons (Fsp3) is 0.333. The van der Waals surface area contributed by atoms with Crippen molar-refractivity contribution in [1.29, 1.82) is 0 Å². The highest BCUT2D eigenvalue weighted by molar-refractivity contribution is 5.98. The summed E-state index contributed by atoms with van der Waals surface area (Å²) in [5.41, 5.74) is 2.44. The topological polar surface area (TPSA) is 55.4 Å². The third-order valence-corrected chi connectivity index (χ3v) is 4.51. The zero-order chi connectivity index (χ0) is 17.6. The summed E-state index contributed by atoms with van der Waals surface area (Å²) >= 11 is 0. The Balaban J connectivity index is 1.60. The minimum atomic E-state index is -0.223. The highest BCUT2D eigenvalue weighted by Gasteiger charge is 2.19. The van der Waals surface area contributed by atoms with E-state index in [1.165, 1.54) is 0 Å². The van der Waals surface area contributed by atoms with E-state index in [4.69, 9.17) is 4.74 Å². The molecule has 4 heteroatoms. The van der Waals surface area contributed by atoms with Gasteiger partial charge in [0.05, 0.1) is 6.61 Å². The third kappa shape index (κ3) is 4.54. The molecule has 2 aromatic carbocycles. The van der Waals surface area contributed by atoms with E-state index in [2.05, 4.69) is 5.32 Å². The van der Waals surface area contributed by atoms with Crippen LogP contribution in [-0.4, -0.2) is 30.9 Å². The van der Waals surface area contributed by atoms with Gasteiger partial charge in [0.25, 0.3) is 5.91 Å². The summed E-state index contributed by atoms with van der Waals surface area (Å²) in [4.78, 5) is 24.7. The SMILES string of the molecule is C[C@H](CC(=O)c1ccccc1)NC(=O)c1cccc([C@H]2CCOC2)c1. The van der Waals surface area contributed by atoms with E-state index in [1.54, 1.807) is 18.2 Å². The molecule has 0 bridgehead atoms.